The van der Waals surface area contributed by atoms with Crippen molar-refractivity contribution in [3.8, 4) is 0 Å². The second-order valence-corrected chi connectivity index (χ2v) is 5.29. The molecule has 0 aliphatic carbocycles. The molecule has 0 saturated carbocycles. The fraction of sp³-hybridized carbons (Fsp3) is 0.375. The summed E-state index contributed by atoms with van der Waals surface area (Å²) in [5, 5.41) is 9.38. The van der Waals surface area contributed by atoms with Crippen LogP contribution in [-0.4, -0.2) is 27.2 Å². The van der Waals surface area contributed by atoms with Crippen molar-refractivity contribution in [2.24, 2.45) is 0 Å². The zero-order chi connectivity index (χ0) is 14.8. The topological polar surface area (TPSA) is 58.4 Å². The number of rotatable bonds is 4. The van der Waals surface area contributed by atoms with Crippen LogP contribution < -0.4 is 4.90 Å². The first-order chi connectivity index (χ1) is 10.2. The van der Waals surface area contributed by atoms with E-state index in [9.17, 15) is 9.90 Å². The molecule has 1 aromatic heterocycles. The van der Waals surface area contributed by atoms with E-state index in [0.29, 0.717) is 13.0 Å². The number of para-hydroxylation sites is 1. The van der Waals surface area contributed by atoms with Gasteiger partial charge in [0.1, 0.15) is 5.82 Å². The van der Waals surface area contributed by atoms with Crippen molar-refractivity contribution in [1.29, 1.82) is 0 Å². The first kappa shape index (κ1) is 13.7. The lowest BCUT2D eigenvalue weighted by Crippen LogP contribution is -2.33. The summed E-state index contributed by atoms with van der Waals surface area (Å²) in [4.78, 5) is 18.0. The molecule has 110 valence electrons. The van der Waals surface area contributed by atoms with E-state index in [2.05, 4.69) is 21.4 Å². The summed E-state index contributed by atoms with van der Waals surface area (Å²) in [6, 6.07) is 7.80. The number of hydrogen-bond donors (Lipinski definition) is 1. The molecule has 0 fully saturated rings. The Morgan fingerprint density at radius 2 is 2.24 bits per heavy atom. The second kappa shape index (κ2) is 5.60. The van der Waals surface area contributed by atoms with Crippen molar-refractivity contribution in [3.63, 3.8) is 0 Å². The Hall–Kier alpha value is -2.30. The van der Waals surface area contributed by atoms with Gasteiger partial charge in [-0.15, -0.1) is 0 Å². The summed E-state index contributed by atoms with van der Waals surface area (Å²) >= 11 is 0. The van der Waals surface area contributed by atoms with Gasteiger partial charge in [-0.2, -0.15) is 0 Å². The van der Waals surface area contributed by atoms with E-state index in [1.54, 1.807) is 0 Å². The highest BCUT2D eigenvalue weighted by molar-refractivity contribution is 5.80. The van der Waals surface area contributed by atoms with Crippen LogP contribution in [0.5, 0.6) is 0 Å². The molecule has 21 heavy (non-hydrogen) atoms. The molecular formula is C16H19N3O2. The molecule has 0 saturated heterocycles. The first-order valence-corrected chi connectivity index (χ1v) is 7.27. The van der Waals surface area contributed by atoms with Gasteiger partial charge in [0.05, 0.1) is 12.5 Å². The van der Waals surface area contributed by atoms with Crippen LogP contribution in [-0.2, 0) is 17.9 Å². The van der Waals surface area contributed by atoms with E-state index >= 15 is 0 Å². The maximum absolute atomic E-state index is 11.4. The van der Waals surface area contributed by atoms with Crippen LogP contribution in [0.4, 0.5) is 5.69 Å². The van der Waals surface area contributed by atoms with Crippen molar-refractivity contribution >= 4 is 11.7 Å². The number of fused-ring (bicyclic) bond motifs is 1. The lowest BCUT2D eigenvalue weighted by atomic mass is 9.90. The largest absolute Gasteiger partial charge is 0.481 e. The van der Waals surface area contributed by atoms with Crippen molar-refractivity contribution in [1.82, 2.24) is 9.55 Å². The number of aliphatic carboxylic acids is 1. The van der Waals surface area contributed by atoms with E-state index in [0.717, 1.165) is 30.2 Å². The lowest BCUT2D eigenvalue weighted by molar-refractivity contribution is -0.139. The molecule has 0 spiro atoms. The zero-order valence-electron chi connectivity index (χ0n) is 12.1. The lowest BCUT2D eigenvalue weighted by Gasteiger charge is -2.34. The zero-order valence-corrected chi connectivity index (χ0v) is 12.1. The number of anilines is 1. The van der Waals surface area contributed by atoms with Crippen molar-refractivity contribution < 1.29 is 9.90 Å². The molecule has 1 aliphatic heterocycles. The summed E-state index contributed by atoms with van der Waals surface area (Å²) in [6.07, 6.45) is 4.43. The highest BCUT2D eigenvalue weighted by Gasteiger charge is 2.29. The Balaban J connectivity index is 1.91. The number of carbonyl (C=O) groups is 1. The van der Waals surface area contributed by atoms with Crippen LogP contribution in [0.2, 0.25) is 0 Å². The maximum Gasteiger partial charge on any atom is 0.311 e. The number of carboxylic acid groups (broad SMARTS) is 1. The second-order valence-electron chi connectivity index (χ2n) is 5.29. The summed E-state index contributed by atoms with van der Waals surface area (Å²) < 4.78 is 2.12. The number of aromatic nitrogens is 2. The average molecular weight is 285 g/mol. The Labute approximate surface area is 123 Å². The molecule has 1 unspecified atom stereocenters. The highest BCUT2D eigenvalue weighted by atomic mass is 16.4. The van der Waals surface area contributed by atoms with E-state index in [1.807, 2.05) is 36.7 Å². The molecule has 1 N–H and O–H groups in total. The minimum Gasteiger partial charge on any atom is -0.481 e. The van der Waals surface area contributed by atoms with Crippen LogP contribution in [0, 0.1) is 0 Å². The van der Waals surface area contributed by atoms with Crippen LogP contribution in [0.15, 0.2) is 36.7 Å². The van der Waals surface area contributed by atoms with Crippen LogP contribution >= 0.6 is 0 Å². The van der Waals surface area contributed by atoms with Gasteiger partial charge in [-0.25, -0.2) is 4.98 Å². The standard InChI is InChI=1S/C16H19N3O2/c1-2-18-10-8-17-15(18)11-19-9-7-13(16(20)21)12-5-3-4-6-14(12)19/h3-6,8,10,13H,2,7,9,11H2,1H3,(H,20,21). The molecule has 2 heterocycles. The minimum atomic E-state index is -0.739. The Morgan fingerprint density at radius 3 is 3.00 bits per heavy atom. The van der Waals surface area contributed by atoms with E-state index in [-0.39, 0.29) is 0 Å². The van der Waals surface area contributed by atoms with Crippen molar-refractivity contribution in [2.45, 2.75) is 32.4 Å². The van der Waals surface area contributed by atoms with Crippen LogP contribution in [0.3, 0.4) is 0 Å². The predicted molar refractivity (Wildman–Crippen MR) is 80.4 cm³/mol. The Bertz CT molecular complexity index is 650. The van der Waals surface area contributed by atoms with Crippen molar-refractivity contribution in [3.05, 3.63) is 48.0 Å². The molecule has 0 radical (unpaired) electrons. The summed E-state index contributed by atoms with van der Waals surface area (Å²) in [7, 11) is 0. The van der Waals surface area contributed by atoms with Crippen LogP contribution in [0.25, 0.3) is 0 Å². The average Bonchev–Trinajstić information content (AvgIpc) is 2.94. The molecule has 1 atom stereocenters. The van der Waals surface area contributed by atoms with Gasteiger partial charge in [-0.05, 0) is 25.0 Å². The fourth-order valence-electron chi connectivity index (χ4n) is 3.00. The Morgan fingerprint density at radius 1 is 1.43 bits per heavy atom. The third kappa shape index (κ3) is 2.51. The number of benzene rings is 1. The van der Waals surface area contributed by atoms with Gasteiger partial charge in [0, 0.05) is 31.2 Å². The Kier molecular flexibility index (Phi) is 3.64. The SMILES string of the molecule is CCn1ccnc1CN1CCC(C(=O)O)c2ccccc21. The van der Waals surface area contributed by atoms with Gasteiger partial charge >= 0.3 is 5.97 Å². The molecular weight excluding hydrogens is 266 g/mol. The fourth-order valence-corrected chi connectivity index (χ4v) is 3.00. The molecule has 0 bridgehead atoms. The van der Waals surface area contributed by atoms with E-state index in [4.69, 9.17) is 0 Å². The maximum atomic E-state index is 11.4. The van der Waals surface area contributed by atoms with Crippen molar-refractivity contribution in [2.75, 3.05) is 11.4 Å². The number of carboxylic acids is 1. The molecule has 5 heteroatoms. The van der Waals surface area contributed by atoms with Gasteiger partial charge in [0.2, 0.25) is 0 Å². The number of hydrogen-bond acceptors (Lipinski definition) is 3. The van der Waals surface area contributed by atoms with Gasteiger partial charge in [0.25, 0.3) is 0 Å². The monoisotopic (exact) mass is 285 g/mol. The number of nitrogens with zero attached hydrogens (tertiary/aromatic N) is 3. The van der Waals surface area contributed by atoms with E-state index < -0.39 is 11.9 Å². The normalized spacial score (nSPS) is 17.6. The third-order valence-electron chi connectivity index (χ3n) is 4.11. The van der Waals surface area contributed by atoms with Gasteiger partial charge in [0.15, 0.2) is 0 Å². The molecule has 0 amide bonds. The first-order valence-electron chi connectivity index (χ1n) is 7.27. The smallest absolute Gasteiger partial charge is 0.311 e. The van der Waals surface area contributed by atoms with E-state index in [1.165, 1.54) is 0 Å². The van der Waals surface area contributed by atoms with Gasteiger partial charge in [-0.3, -0.25) is 4.79 Å². The highest BCUT2D eigenvalue weighted by Crippen LogP contribution is 2.35. The minimum absolute atomic E-state index is 0.400. The predicted octanol–water partition coefficient (Wildman–Crippen LogP) is 2.48. The molecule has 1 aliphatic rings. The van der Waals surface area contributed by atoms with Gasteiger partial charge in [-0.1, -0.05) is 18.2 Å². The summed E-state index contributed by atoms with van der Waals surface area (Å²) in [5.74, 6) is -0.124. The molecule has 1 aromatic carbocycles. The third-order valence-corrected chi connectivity index (χ3v) is 4.11. The molecule has 3 rings (SSSR count). The van der Waals surface area contributed by atoms with Crippen LogP contribution in [0.1, 0.15) is 30.7 Å². The summed E-state index contributed by atoms with van der Waals surface area (Å²) in [6.45, 7) is 4.44. The summed E-state index contributed by atoms with van der Waals surface area (Å²) in [5.41, 5.74) is 1.92. The number of aryl methyl sites for hydroxylation is 1. The molecule has 5 nitrogen and oxygen atoms in total. The quantitative estimate of drug-likeness (QED) is 0.937. The van der Waals surface area contributed by atoms with Gasteiger partial charge < -0.3 is 14.6 Å². The molecule has 2 aromatic rings. The number of imidazole rings is 1.